The average molecular weight is 272 g/mol. The van der Waals surface area contributed by atoms with Crippen LogP contribution < -0.4 is 5.73 Å². The Bertz CT molecular complexity index is 488. The standard InChI is InChI=1S/C13H15Cl2NO/c1-4-9-11(14)6-5-10(13(9)15)12(7(2)16)8(3)17/h5-6H,4,16H2,1-3H3/b12-7+. The van der Waals surface area contributed by atoms with Crippen LogP contribution in [0.2, 0.25) is 10.0 Å². The van der Waals surface area contributed by atoms with Crippen molar-refractivity contribution in [2.24, 2.45) is 5.73 Å². The topological polar surface area (TPSA) is 43.1 Å². The highest BCUT2D eigenvalue weighted by Crippen LogP contribution is 2.33. The first-order chi connectivity index (χ1) is 7.90. The van der Waals surface area contributed by atoms with Crippen LogP contribution >= 0.6 is 23.2 Å². The summed E-state index contributed by atoms with van der Waals surface area (Å²) in [5.74, 6) is -0.101. The van der Waals surface area contributed by atoms with Crippen LogP contribution in [0.4, 0.5) is 0 Å². The van der Waals surface area contributed by atoms with E-state index in [-0.39, 0.29) is 5.78 Å². The third kappa shape index (κ3) is 2.82. The fourth-order valence-corrected chi connectivity index (χ4v) is 2.53. The summed E-state index contributed by atoms with van der Waals surface area (Å²) in [7, 11) is 0. The van der Waals surface area contributed by atoms with Crippen LogP contribution in [0, 0.1) is 0 Å². The minimum absolute atomic E-state index is 0.101. The Balaban J connectivity index is 3.53. The molecule has 0 aliphatic heterocycles. The first-order valence-electron chi connectivity index (χ1n) is 5.34. The molecule has 0 aromatic heterocycles. The second-order valence-corrected chi connectivity index (χ2v) is 4.64. The number of carbonyl (C=O) groups is 1. The lowest BCUT2D eigenvalue weighted by Gasteiger charge is -2.13. The van der Waals surface area contributed by atoms with Gasteiger partial charge in [-0.1, -0.05) is 36.2 Å². The number of rotatable bonds is 3. The maximum Gasteiger partial charge on any atom is 0.162 e. The SMILES string of the molecule is CCc1c(Cl)ccc(/C(C(C)=O)=C(\C)N)c1Cl. The molecule has 0 amide bonds. The van der Waals surface area contributed by atoms with Crippen molar-refractivity contribution in [3.63, 3.8) is 0 Å². The molecule has 2 nitrogen and oxygen atoms in total. The molecule has 92 valence electrons. The van der Waals surface area contributed by atoms with Crippen molar-refractivity contribution < 1.29 is 4.79 Å². The first-order valence-corrected chi connectivity index (χ1v) is 6.10. The Morgan fingerprint density at radius 3 is 2.29 bits per heavy atom. The molecule has 0 atom stereocenters. The van der Waals surface area contributed by atoms with E-state index < -0.39 is 0 Å². The molecule has 0 saturated heterocycles. The summed E-state index contributed by atoms with van der Waals surface area (Å²) in [6.07, 6.45) is 0.709. The third-order valence-electron chi connectivity index (χ3n) is 2.56. The van der Waals surface area contributed by atoms with E-state index >= 15 is 0 Å². The highest BCUT2D eigenvalue weighted by molar-refractivity contribution is 6.38. The van der Waals surface area contributed by atoms with E-state index in [4.69, 9.17) is 28.9 Å². The van der Waals surface area contributed by atoms with Gasteiger partial charge < -0.3 is 5.73 Å². The van der Waals surface area contributed by atoms with E-state index in [1.54, 1.807) is 19.1 Å². The van der Waals surface area contributed by atoms with Crippen molar-refractivity contribution >= 4 is 34.6 Å². The number of benzene rings is 1. The number of carbonyl (C=O) groups excluding carboxylic acids is 1. The van der Waals surface area contributed by atoms with Gasteiger partial charge in [-0.15, -0.1) is 0 Å². The summed E-state index contributed by atoms with van der Waals surface area (Å²) < 4.78 is 0. The van der Waals surface area contributed by atoms with Gasteiger partial charge in [0.05, 0.1) is 5.02 Å². The van der Waals surface area contributed by atoms with Gasteiger partial charge in [0.1, 0.15) is 0 Å². The molecule has 0 aliphatic rings. The molecule has 2 N–H and O–H groups in total. The molecule has 4 heteroatoms. The highest BCUT2D eigenvalue weighted by atomic mass is 35.5. The van der Waals surface area contributed by atoms with Crippen molar-refractivity contribution in [1.29, 1.82) is 0 Å². The second kappa shape index (κ2) is 5.56. The average Bonchev–Trinajstić information content (AvgIpc) is 2.21. The van der Waals surface area contributed by atoms with Crippen LogP contribution in [0.15, 0.2) is 17.8 Å². The molecule has 1 aromatic rings. The van der Waals surface area contributed by atoms with Gasteiger partial charge in [0, 0.05) is 21.9 Å². The van der Waals surface area contributed by atoms with Gasteiger partial charge in [0.25, 0.3) is 0 Å². The number of ketones is 1. The molecule has 0 aliphatic carbocycles. The maximum atomic E-state index is 11.6. The summed E-state index contributed by atoms with van der Waals surface area (Å²) in [6, 6.07) is 3.48. The molecular weight excluding hydrogens is 257 g/mol. The zero-order valence-corrected chi connectivity index (χ0v) is 11.6. The van der Waals surface area contributed by atoms with Gasteiger partial charge in [-0.05, 0) is 31.9 Å². The number of Topliss-reactive ketones (excluding diaryl/α,β-unsaturated/α-hetero) is 1. The minimum atomic E-state index is -0.101. The van der Waals surface area contributed by atoms with Crippen molar-refractivity contribution in [3.8, 4) is 0 Å². The molecular formula is C13H15Cl2NO. The molecule has 0 heterocycles. The van der Waals surface area contributed by atoms with E-state index in [1.807, 2.05) is 6.92 Å². The van der Waals surface area contributed by atoms with Crippen LogP contribution in [-0.2, 0) is 11.2 Å². The summed E-state index contributed by atoms with van der Waals surface area (Å²) in [5.41, 5.74) is 8.15. The molecule has 0 fully saturated rings. The van der Waals surface area contributed by atoms with Crippen LogP contribution in [0.5, 0.6) is 0 Å². The lowest BCUT2D eigenvalue weighted by molar-refractivity contribution is -0.111. The predicted molar refractivity (Wildman–Crippen MR) is 73.3 cm³/mol. The Kier molecular flexibility index (Phi) is 4.61. The fraction of sp³-hybridized carbons (Fsp3) is 0.308. The fourth-order valence-electron chi connectivity index (χ4n) is 1.79. The molecule has 0 radical (unpaired) electrons. The molecule has 17 heavy (non-hydrogen) atoms. The van der Waals surface area contributed by atoms with Gasteiger partial charge in [0.2, 0.25) is 0 Å². The zero-order valence-electron chi connectivity index (χ0n) is 10.1. The lowest BCUT2D eigenvalue weighted by Crippen LogP contribution is -2.06. The van der Waals surface area contributed by atoms with Crippen molar-refractivity contribution in [3.05, 3.63) is 39.0 Å². The van der Waals surface area contributed by atoms with Gasteiger partial charge in [-0.25, -0.2) is 0 Å². The molecule has 1 rings (SSSR count). The zero-order chi connectivity index (χ0) is 13.2. The predicted octanol–water partition coefficient (Wildman–Crippen LogP) is 3.83. The van der Waals surface area contributed by atoms with Gasteiger partial charge >= 0.3 is 0 Å². The molecule has 1 aromatic carbocycles. The quantitative estimate of drug-likeness (QED) is 0.849. The monoisotopic (exact) mass is 271 g/mol. The minimum Gasteiger partial charge on any atom is -0.402 e. The summed E-state index contributed by atoms with van der Waals surface area (Å²) >= 11 is 12.3. The molecule has 0 unspecified atom stereocenters. The van der Waals surface area contributed by atoms with E-state index in [1.165, 1.54) is 6.92 Å². The molecule has 0 saturated carbocycles. The summed E-state index contributed by atoms with van der Waals surface area (Å²) in [6.45, 7) is 5.12. The number of halogens is 2. The summed E-state index contributed by atoms with van der Waals surface area (Å²) in [4.78, 5) is 11.6. The normalized spacial score (nSPS) is 12.3. The number of allylic oxidation sites excluding steroid dienone is 2. The van der Waals surface area contributed by atoms with Crippen LogP contribution in [0.25, 0.3) is 5.57 Å². The highest BCUT2D eigenvalue weighted by Gasteiger charge is 2.16. The molecule has 0 spiro atoms. The maximum absolute atomic E-state index is 11.6. The number of nitrogens with two attached hydrogens (primary N) is 1. The Morgan fingerprint density at radius 2 is 1.88 bits per heavy atom. The van der Waals surface area contributed by atoms with Gasteiger partial charge in [-0.2, -0.15) is 0 Å². The van der Waals surface area contributed by atoms with Gasteiger partial charge in [0.15, 0.2) is 5.78 Å². The molecule has 0 bridgehead atoms. The smallest absolute Gasteiger partial charge is 0.162 e. The number of hydrogen-bond acceptors (Lipinski definition) is 2. The van der Waals surface area contributed by atoms with E-state index in [0.717, 1.165) is 5.56 Å². The van der Waals surface area contributed by atoms with E-state index in [2.05, 4.69) is 0 Å². The Morgan fingerprint density at radius 1 is 1.29 bits per heavy atom. The van der Waals surface area contributed by atoms with Crippen LogP contribution in [0.3, 0.4) is 0 Å². The van der Waals surface area contributed by atoms with E-state index in [9.17, 15) is 4.79 Å². The Hall–Kier alpha value is -0.990. The number of hydrogen-bond donors (Lipinski definition) is 1. The summed E-state index contributed by atoms with van der Waals surface area (Å²) in [5, 5.41) is 1.12. The second-order valence-electron chi connectivity index (χ2n) is 3.86. The third-order valence-corrected chi connectivity index (χ3v) is 3.34. The van der Waals surface area contributed by atoms with E-state index in [0.29, 0.717) is 33.3 Å². The van der Waals surface area contributed by atoms with Gasteiger partial charge in [-0.3, -0.25) is 4.79 Å². The lowest BCUT2D eigenvalue weighted by atomic mass is 9.98. The van der Waals surface area contributed by atoms with Crippen LogP contribution in [-0.4, -0.2) is 5.78 Å². The van der Waals surface area contributed by atoms with Crippen molar-refractivity contribution in [2.75, 3.05) is 0 Å². The van der Waals surface area contributed by atoms with Crippen molar-refractivity contribution in [1.82, 2.24) is 0 Å². The Labute approximate surface area is 111 Å². The largest absolute Gasteiger partial charge is 0.402 e. The van der Waals surface area contributed by atoms with Crippen molar-refractivity contribution in [2.45, 2.75) is 27.2 Å². The first kappa shape index (κ1) is 14.1. The van der Waals surface area contributed by atoms with Crippen LogP contribution in [0.1, 0.15) is 31.9 Å².